The highest BCUT2D eigenvalue weighted by molar-refractivity contribution is 5.88. The Hall–Kier alpha value is -1.62. The van der Waals surface area contributed by atoms with Crippen LogP contribution in [0.3, 0.4) is 0 Å². The van der Waals surface area contributed by atoms with Gasteiger partial charge in [0.1, 0.15) is 5.82 Å². The fourth-order valence-electron chi connectivity index (χ4n) is 1.74. The minimum atomic E-state index is -0.937. The summed E-state index contributed by atoms with van der Waals surface area (Å²) < 4.78 is 5.17. The molecule has 0 aliphatic heterocycles. The Bertz CT molecular complexity index is 433. The van der Waals surface area contributed by atoms with Crippen LogP contribution >= 0.6 is 0 Å². The van der Waals surface area contributed by atoms with Crippen LogP contribution < -0.4 is 5.32 Å². The Morgan fingerprint density at radius 2 is 2.16 bits per heavy atom. The Kier molecular flexibility index (Phi) is 5.76. The number of aromatic carboxylic acids is 1. The van der Waals surface area contributed by atoms with E-state index in [1.807, 2.05) is 6.92 Å². The number of carboxylic acids is 1. The molecule has 0 amide bonds. The molecule has 0 aromatic carbocycles. The maximum Gasteiger partial charge on any atom is 0.335 e. The predicted octanol–water partition coefficient (Wildman–Crippen LogP) is 2.43. The fraction of sp³-hybridized carbons (Fsp3) is 0.571. The van der Waals surface area contributed by atoms with Gasteiger partial charge in [-0.25, -0.2) is 9.78 Å². The molecule has 5 heteroatoms. The third-order valence-corrected chi connectivity index (χ3v) is 2.97. The van der Waals surface area contributed by atoms with Crippen molar-refractivity contribution in [3.05, 3.63) is 23.4 Å². The number of ether oxygens (including phenoxy) is 1. The first-order valence-corrected chi connectivity index (χ1v) is 6.47. The average Bonchev–Trinajstić information content (AvgIpc) is 2.37. The lowest BCUT2D eigenvalue weighted by atomic mass is 10.1. The Labute approximate surface area is 114 Å². The van der Waals surface area contributed by atoms with Crippen molar-refractivity contribution in [2.45, 2.75) is 33.2 Å². The number of rotatable bonds is 7. The van der Waals surface area contributed by atoms with Gasteiger partial charge in [0.05, 0.1) is 18.2 Å². The minimum Gasteiger partial charge on any atom is -0.478 e. The molecule has 0 bridgehead atoms. The minimum absolute atomic E-state index is 0.103. The molecule has 19 heavy (non-hydrogen) atoms. The predicted molar refractivity (Wildman–Crippen MR) is 74.7 cm³/mol. The van der Waals surface area contributed by atoms with Crippen molar-refractivity contribution < 1.29 is 14.6 Å². The lowest BCUT2D eigenvalue weighted by molar-refractivity contribution is 0.0696. The summed E-state index contributed by atoms with van der Waals surface area (Å²) in [6, 6.07) is 3.27. The van der Waals surface area contributed by atoms with E-state index in [0.29, 0.717) is 24.8 Å². The van der Waals surface area contributed by atoms with Crippen LogP contribution in [0.1, 0.15) is 36.8 Å². The van der Waals surface area contributed by atoms with Crippen LogP contribution in [0.15, 0.2) is 12.1 Å². The molecule has 5 nitrogen and oxygen atoms in total. The average molecular weight is 266 g/mol. The molecule has 0 aliphatic carbocycles. The molecule has 2 N–H and O–H groups in total. The summed E-state index contributed by atoms with van der Waals surface area (Å²) in [7, 11) is 1.65. The van der Waals surface area contributed by atoms with Crippen molar-refractivity contribution in [2.24, 2.45) is 5.92 Å². The first-order valence-electron chi connectivity index (χ1n) is 6.47. The summed E-state index contributed by atoms with van der Waals surface area (Å²) in [6.45, 7) is 6.67. The molecular weight excluding hydrogens is 244 g/mol. The molecule has 1 unspecified atom stereocenters. The number of aryl methyl sites for hydroxylation is 1. The third-order valence-electron chi connectivity index (χ3n) is 2.97. The zero-order valence-corrected chi connectivity index (χ0v) is 11.9. The highest BCUT2D eigenvalue weighted by atomic mass is 16.5. The van der Waals surface area contributed by atoms with Crippen molar-refractivity contribution in [2.75, 3.05) is 19.0 Å². The molecule has 0 spiro atoms. The summed E-state index contributed by atoms with van der Waals surface area (Å²) in [6.07, 6.45) is 0.701. The van der Waals surface area contributed by atoms with Crippen molar-refractivity contribution in [3.8, 4) is 0 Å². The summed E-state index contributed by atoms with van der Waals surface area (Å²) in [5.74, 6) is 0.0146. The molecule has 0 saturated carbocycles. The Morgan fingerprint density at radius 3 is 2.63 bits per heavy atom. The third kappa shape index (κ3) is 4.52. The number of methoxy groups -OCH3 is 1. The van der Waals surface area contributed by atoms with Crippen LogP contribution in [0.2, 0.25) is 0 Å². The number of anilines is 1. The molecule has 1 rings (SSSR count). The molecule has 1 aromatic rings. The highest BCUT2D eigenvalue weighted by Gasteiger charge is 2.15. The molecule has 0 radical (unpaired) electrons. The van der Waals surface area contributed by atoms with E-state index >= 15 is 0 Å². The van der Waals surface area contributed by atoms with Gasteiger partial charge in [-0.2, -0.15) is 0 Å². The van der Waals surface area contributed by atoms with Gasteiger partial charge in [0.2, 0.25) is 0 Å². The number of hydrogen-bond donors (Lipinski definition) is 2. The molecule has 0 fully saturated rings. The number of nitrogens with zero attached hydrogens (tertiary/aromatic N) is 1. The van der Waals surface area contributed by atoms with Gasteiger partial charge >= 0.3 is 5.97 Å². The topological polar surface area (TPSA) is 71.5 Å². The summed E-state index contributed by atoms with van der Waals surface area (Å²) in [5, 5.41) is 12.3. The van der Waals surface area contributed by atoms with Gasteiger partial charge < -0.3 is 15.2 Å². The quantitative estimate of drug-likeness (QED) is 0.793. The van der Waals surface area contributed by atoms with Crippen molar-refractivity contribution in [3.63, 3.8) is 0 Å². The lowest BCUT2D eigenvalue weighted by Gasteiger charge is -2.22. The summed E-state index contributed by atoms with van der Waals surface area (Å²) in [5.41, 5.74) is 1.02. The van der Waals surface area contributed by atoms with E-state index in [9.17, 15) is 4.79 Å². The van der Waals surface area contributed by atoms with Gasteiger partial charge in [-0.05, 0) is 24.5 Å². The standard InChI is InChI=1S/C14H22N2O3/c1-5-11-6-10(14(17)18)7-13(15-11)16-12(8-19-4)9(2)3/h6-7,9,12H,5,8H2,1-4H3,(H,15,16)(H,17,18). The molecule has 1 heterocycles. The second-order valence-electron chi connectivity index (χ2n) is 4.84. The van der Waals surface area contributed by atoms with Gasteiger partial charge in [-0.3, -0.25) is 0 Å². The van der Waals surface area contributed by atoms with E-state index in [4.69, 9.17) is 9.84 Å². The zero-order valence-electron chi connectivity index (χ0n) is 11.9. The normalized spacial score (nSPS) is 12.5. The fourth-order valence-corrected chi connectivity index (χ4v) is 1.74. The van der Waals surface area contributed by atoms with E-state index in [0.717, 1.165) is 5.69 Å². The summed E-state index contributed by atoms with van der Waals surface area (Å²) in [4.78, 5) is 15.5. The van der Waals surface area contributed by atoms with Crippen LogP contribution in [0.5, 0.6) is 0 Å². The monoisotopic (exact) mass is 266 g/mol. The van der Waals surface area contributed by atoms with E-state index in [-0.39, 0.29) is 11.6 Å². The Morgan fingerprint density at radius 1 is 1.47 bits per heavy atom. The van der Waals surface area contributed by atoms with E-state index in [1.54, 1.807) is 19.2 Å². The number of nitrogens with one attached hydrogen (secondary N) is 1. The second kappa shape index (κ2) is 7.09. The number of aromatic nitrogens is 1. The molecule has 0 aliphatic rings. The maximum atomic E-state index is 11.1. The molecule has 106 valence electrons. The summed E-state index contributed by atoms with van der Waals surface area (Å²) >= 11 is 0. The first-order chi connectivity index (χ1) is 8.97. The van der Waals surface area contributed by atoms with Gasteiger partial charge in [-0.1, -0.05) is 20.8 Å². The molecule has 1 aromatic heterocycles. The Balaban J connectivity index is 2.98. The van der Waals surface area contributed by atoms with Crippen LogP contribution in [0, 0.1) is 5.92 Å². The van der Waals surface area contributed by atoms with Gasteiger partial charge in [0, 0.05) is 12.8 Å². The van der Waals surface area contributed by atoms with Crippen LogP contribution in [-0.4, -0.2) is 35.8 Å². The first kappa shape index (κ1) is 15.4. The molecule has 0 saturated heterocycles. The van der Waals surface area contributed by atoms with Crippen LogP contribution in [-0.2, 0) is 11.2 Å². The maximum absolute atomic E-state index is 11.1. The lowest BCUT2D eigenvalue weighted by Crippen LogP contribution is -2.31. The number of carbonyl (C=O) groups is 1. The van der Waals surface area contributed by atoms with Gasteiger partial charge in [0.25, 0.3) is 0 Å². The second-order valence-corrected chi connectivity index (χ2v) is 4.84. The van der Waals surface area contributed by atoms with Crippen molar-refractivity contribution in [1.82, 2.24) is 4.98 Å². The van der Waals surface area contributed by atoms with E-state index in [2.05, 4.69) is 24.1 Å². The van der Waals surface area contributed by atoms with Crippen LogP contribution in [0.4, 0.5) is 5.82 Å². The number of carboxylic acid groups (broad SMARTS) is 1. The number of hydrogen-bond acceptors (Lipinski definition) is 4. The highest BCUT2D eigenvalue weighted by Crippen LogP contribution is 2.15. The van der Waals surface area contributed by atoms with Gasteiger partial charge in [-0.15, -0.1) is 0 Å². The van der Waals surface area contributed by atoms with Crippen LogP contribution in [0.25, 0.3) is 0 Å². The van der Waals surface area contributed by atoms with E-state index < -0.39 is 5.97 Å². The number of pyridine rings is 1. The molecule has 1 atom stereocenters. The SMILES string of the molecule is CCc1cc(C(=O)O)cc(NC(COC)C(C)C)n1. The smallest absolute Gasteiger partial charge is 0.335 e. The largest absolute Gasteiger partial charge is 0.478 e. The van der Waals surface area contributed by atoms with Crippen molar-refractivity contribution in [1.29, 1.82) is 0 Å². The molecular formula is C14H22N2O3. The van der Waals surface area contributed by atoms with E-state index in [1.165, 1.54) is 0 Å². The van der Waals surface area contributed by atoms with Gasteiger partial charge in [0.15, 0.2) is 0 Å². The zero-order chi connectivity index (χ0) is 14.4. The van der Waals surface area contributed by atoms with Crippen molar-refractivity contribution >= 4 is 11.8 Å².